The zero-order valence-electron chi connectivity index (χ0n) is 20.6. The first kappa shape index (κ1) is 24.3. The van der Waals surface area contributed by atoms with Crippen LogP contribution >= 0.6 is 0 Å². The van der Waals surface area contributed by atoms with Gasteiger partial charge in [0.2, 0.25) is 11.7 Å². The number of aryl methyl sites for hydroxylation is 1. The molecule has 3 heterocycles. The van der Waals surface area contributed by atoms with Crippen LogP contribution < -0.4 is 21.5 Å². The Bertz CT molecular complexity index is 1560. The van der Waals surface area contributed by atoms with E-state index in [1.807, 2.05) is 45.0 Å². The third kappa shape index (κ3) is 4.02. The number of imidazole rings is 1. The fourth-order valence-electron chi connectivity index (χ4n) is 4.46. The normalized spacial score (nSPS) is 11.5. The van der Waals surface area contributed by atoms with Crippen LogP contribution in [0.2, 0.25) is 0 Å². The van der Waals surface area contributed by atoms with Gasteiger partial charge < -0.3 is 9.84 Å². The highest BCUT2D eigenvalue weighted by Gasteiger charge is 2.25. The minimum absolute atomic E-state index is 0.0623. The highest BCUT2D eigenvalue weighted by atomic mass is 16.5. The second-order valence-electron chi connectivity index (χ2n) is 8.60. The second kappa shape index (κ2) is 9.81. The first-order chi connectivity index (χ1) is 16.9. The van der Waals surface area contributed by atoms with Crippen LogP contribution in [0.4, 0.5) is 0 Å². The van der Waals surface area contributed by atoms with Crippen molar-refractivity contribution in [3.8, 4) is 11.6 Å². The van der Waals surface area contributed by atoms with E-state index in [0.29, 0.717) is 38.0 Å². The topological polar surface area (TPSA) is 113 Å². The molecule has 1 aromatic carbocycles. The molecule has 0 aliphatic carbocycles. The number of nitrogens with zero attached hydrogens (tertiary/aromatic N) is 5. The van der Waals surface area contributed by atoms with Gasteiger partial charge in [-0.05, 0) is 37.0 Å². The van der Waals surface area contributed by atoms with Gasteiger partial charge in [0, 0.05) is 13.1 Å². The van der Waals surface area contributed by atoms with Crippen molar-refractivity contribution in [3.63, 3.8) is 0 Å². The maximum atomic E-state index is 13.6. The van der Waals surface area contributed by atoms with E-state index in [2.05, 4.69) is 4.98 Å². The van der Waals surface area contributed by atoms with Gasteiger partial charge in [-0.3, -0.25) is 23.3 Å². The summed E-state index contributed by atoms with van der Waals surface area (Å²) in [6.45, 7) is 6.52. The van der Waals surface area contributed by atoms with Crippen molar-refractivity contribution in [1.82, 2.24) is 23.1 Å². The molecular weight excluding hydrogens is 450 g/mol. The Morgan fingerprint density at radius 2 is 1.54 bits per heavy atom. The van der Waals surface area contributed by atoms with Crippen LogP contribution in [0.15, 0.2) is 38.6 Å². The Hall–Kier alpha value is -3.82. The molecule has 0 saturated carbocycles. The lowest BCUT2D eigenvalue weighted by atomic mass is 10.1. The number of hydrogen-bond acceptors (Lipinski definition) is 6. The summed E-state index contributed by atoms with van der Waals surface area (Å²) in [5.74, 6) is 0.629. The third-order valence-corrected chi connectivity index (χ3v) is 6.13. The number of aromatic hydroxyl groups is 1. The van der Waals surface area contributed by atoms with E-state index < -0.39 is 16.8 Å². The van der Waals surface area contributed by atoms with E-state index in [9.17, 15) is 19.5 Å². The number of hydrogen-bond donors (Lipinski definition) is 1. The Morgan fingerprint density at radius 1 is 0.886 bits per heavy atom. The minimum Gasteiger partial charge on any atom is -0.497 e. The zero-order valence-corrected chi connectivity index (χ0v) is 20.6. The molecule has 0 saturated heterocycles. The molecule has 10 nitrogen and oxygen atoms in total. The van der Waals surface area contributed by atoms with E-state index in [1.165, 1.54) is 18.1 Å². The zero-order chi connectivity index (χ0) is 25.3. The molecular formula is C25H31N5O5. The number of rotatable bonds is 9. The van der Waals surface area contributed by atoms with E-state index in [0.717, 1.165) is 5.56 Å². The smallest absolute Gasteiger partial charge is 0.332 e. The highest BCUT2D eigenvalue weighted by molar-refractivity contribution is 5.75. The highest BCUT2D eigenvalue weighted by Crippen LogP contribution is 2.23. The van der Waals surface area contributed by atoms with Gasteiger partial charge in [0.05, 0.1) is 19.2 Å². The number of ether oxygens (including phenoxy) is 1. The van der Waals surface area contributed by atoms with Crippen molar-refractivity contribution < 1.29 is 9.84 Å². The quantitative estimate of drug-likeness (QED) is 0.393. The Morgan fingerprint density at radius 3 is 2.14 bits per heavy atom. The van der Waals surface area contributed by atoms with Crippen LogP contribution in [0.1, 0.15) is 51.2 Å². The molecule has 186 valence electrons. The van der Waals surface area contributed by atoms with Gasteiger partial charge in [-0.15, -0.1) is 0 Å². The van der Waals surface area contributed by atoms with Crippen LogP contribution in [-0.2, 0) is 26.1 Å². The average molecular weight is 482 g/mol. The molecule has 35 heavy (non-hydrogen) atoms. The van der Waals surface area contributed by atoms with Gasteiger partial charge in [0.15, 0.2) is 11.2 Å². The fourth-order valence-corrected chi connectivity index (χ4v) is 4.46. The van der Waals surface area contributed by atoms with E-state index in [1.54, 1.807) is 7.11 Å². The molecule has 0 atom stereocenters. The van der Waals surface area contributed by atoms with E-state index >= 15 is 0 Å². The largest absolute Gasteiger partial charge is 0.497 e. The van der Waals surface area contributed by atoms with Crippen LogP contribution in [-0.4, -0.2) is 35.3 Å². The molecule has 0 fully saturated rings. The van der Waals surface area contributed by atoms with E-state index in [4.69, 9.17) is 4.74 Å². The summed E-state index contributed by atoms with van der Waals surface area (Å²) in [5.41, 5.74) is -0.211. The van der Waals surface area contributed by atoms with Gasteiger partial charge in [0.1, 0.15) is 5.75 Å². The Labute approximate surface area is 201 Å². The maximum Gasteiger partial charge on any atom is 0.332 e. The van der Waals surface area contributed by atoms with E-state index in [-0.39, 0.29) is 41.5 Å². The summed E-state index contributed by atoms with van der Waals surface area (Å²) in [4.78, 5) is 44.8. The second-order valence-corrected chi connectivity index (χ2v) is 8.60. The predicted molar refractivity (Wildman–Crippen MR) is 134 cm³/mol. The summed E-state index contributed by atoms with van der Waals surface area (Å²) in [6, 6.07) is 7.33. The van der Waals surface area contributed by atoms with Gasteiger partial charge in [0.25, 0.3) is 11.1 Å². The Balaban J connectivity index is 2.14. The molecule has 4 rings (SSSR count). The number of fused-ring (bicyclic) bond motifs is 3. The summed E-state index contributed by atoms with van der Waals surface area (Å²) >= 11 is 0. The third-order valence-electron chi connectivity index (χ3n) is 6.13. The van der Waals surface area contributed by atoms with Crippen LogP contribution in [0.3, 0.4) is 0 Å². The molecule has 0 aliphatic heterocycles. The number of benzene rings is 1. The maximum absolute atomic E-state index is 13.6. The van der Waals surface area contributed by atoms with Crippen molar-refractivity contribution in [2.45, 2.75) is 66.1 Å². The molecule has 0 radical (unpaired) electrons. The lowest BCUT2D eigenvalue weighted by Crippen LogP contribution is -2.41. The number of aromatic nitrogens is 5. The lowest BCUT2D eigenvalue weighted by Gasteiger charge is -2.15. The van der Waals surface area contributed by atoms with Crippen molar-refractivity contribution >= 4 is 16.9 Å². The molecule has 1 N–H and O–H groups in total. The van der Waals surface area contributed by atoms with Gasteiger partial charge in [-0.2, -0.15) is 4.98 Å². The summed E-state index contributed by atoms with van der Waals surface area (Å²) in [5, 5.41) is 11.2. The summed E-state index contributed by atoms with van der Waals surface area (Å²) in [6.07, 6.45) is 2.20. The molecule has 3 aromatic heterocycles. The average Bonchev–Trinajstić information content (AvgIpc) is 3.26. The molecule has 0 unspecified atom stereocenters. The minimum atomic E-state index is -0.548. The Kier molecular flexibility index (Phi) is 6.81. The van der Waals surface area contributed by atoms with Crippen LogP contribution in [0.5, 0.6) is 11.6 Å². The molecule has 0 aliphatic rings. The number of methoxy groups -OCH3 is 1. The van der Waals surface area contributed by atoms with Crippen molar-refractivity contribution in [2.24, 2.45) is 0 Å². The SMILES string of the molecule is CCCc1c(O)n(Cc2ccc(OC)cc2)c2nc3c(c(=O)n(CCC)c(=O)n3CCC)n2c1=O. The van der Waals surface area contributed by atoms with Crippen molar-refractivity contribution in [3.05, 3.63) is 66.6 Å². The predicted octanol–water partition coefficient (Wildman–Crippen LogP) is 2.51. The molecule has 0 bridgehead atoms. The van der Waals surface area contributed by atoms with Crippen LogP contribution in [0, 0.1) is 0 Å². The van der Waals surface area contributed by atoms with Crippen molar-refractivity contribution in [2.75, 3.05) is 7.11 Å². The molecule has 4 aromatic rings. The molecule has 0 amide bonds. The van der Waals surface area contributed by atoms with Gasteiger partial charge >= 0.3 is 5.69 Å². The summed E-state index contributed by atoms with van der Waals surface area (Å²) in [7, 11) is 1.58. The lowest BCUT2D eigenvalue weighted by molar-refractivity contribution is 0.410. The first-order valence-corrected chi connectivity index (χ1v) is 12.0. The van der Waals surface area contributed by atoms with Gasteiger partial charge in [-0.1, -0.05) is 39.3 Å². The fraction of sp³-hybridized carbons (Fsp3) is 0.440. The molecule has 0 spiro atoms. The summed E-state index contributed by atoms with van der Waals surface area (Å²) < 4.78 is 10.6. The monoisotopic (exact) mass is 481 g/mol. The van der Waals surface area contributed by atoms with Gasteiger partial charge in [-0.25, -0.2) is 9.20 Å². The standard InChI is InChI=1S/C25H31N5O5/c1-5-8-18-21(31)29(15-16-9-11-17(35-4)12-10-16)24-26-20-19(30(24)22(18)32)23(33)28(14-7-3)25(34)27(20)13-6-2/h9-12,31H,5-8,13-15H2,1-4H3. The first-order valence-electron chi connectivity index (χ1n) is 12.0. The van der Waals surface area contributed by atoms with Crippen molar-refractivity contribution in [1.29, 1.82) is 0 Å². The van der Waals surface area contributed by atoms with Crippen LogP contribution in [0.25, 0.3) is 16.9 Å². The molecule has 10 heteroatoms.